The number of hydrogen-bond acceptors (Lipinski definition) is 3. The largest absolute Gasteiger partial charge is 0.372 e. The molecule has 2 saturated heterocycles. The number of nitrogens with zero attached hydrogens (tertiary/aromatic N) is 2. The Hall–Kier alpha value is -0.810. The van der Waals surface area contributed by atoms with Crippen molar-refractivity contribution in [3.8, 4) is 0 Å². The molecule has 2 fully saturated rings. The fourth-order valence-electron chi connectivity index (χ4n) is 3.06. The second kappa shape index (κ2) is 7.27. The minimum atomic E-state index is 0.0531. The molecule has 2 unspecified atom stereocenters. The Morgan fingerprint density at radius 2 is 1.75 bits per heavy atom. The van der Waals surface area contributed by atoms with E-state index in [4.69, 9.17) is 4.74 Å². The Morgan fingerprint density at radius 3 is 2.35 bits per heavy atom. The molecule has 0 spiro atoms. The molecule has 20 heavy (non-hydrogen) atoms. The SMILES string of the molecule is CC1CCN(CCNC(=O)N2CC(C)OC(C)C2)CC1. The molecular formula is C15H29N3O2. The number of carbonyl (C=O) groups is 1. The molecule has 2 aliphatic rings. The van der Waals surface area contributed by atoms with Crippen molar-refractivity contribution in [1.29, 1.82) is 0 Å². The van der Waals surface area contributed by atoms with Gasteiger partial charge in [0.25, 0.3) is 0 Å². The lowest BCUT2D eigenvalue weighted by Gasteiger charge is -2.35. The molecule has 5 heteroatoms. The van der Waals surface area contributed by atoms with Crippen LogP contribution in [-0.2, 0) is 4.74 Å². The maximum atomic E-state index is 12.1. The lowest BCUT2D eigenvalue weighted by molar-refractivity contribution is -0.0545. The van der Waals surface area contributed by atoms with E-state index in [0.717, 1.165) is 19.0 Å². The third-order valence-corrected chi connectivity index (χ3v) is 4.29. The van der Waals surface area contributed by atoms with E-state index in [0.29, 0.717) is 13.1 Å². The Morgan fingerprint density at radius 1 is 1.15 bits per heavy atom. The first-order valence-electron chi connectivity index (χ1n) is 7.95. The van der Waals surface area contributed by atoms with Crippen LogP contribution < -0.4 is 5.32 Å². The summed E-state index contributed by atoms with van der Waals surface area (Å²) in [5, 5.41) is 3.04. The van der Waals surface area contributed by atoms with Gasteiger partial charge in [-0.25, -0.2) is 4.79 Å². The number of hydrogen-bond donors (Lipinski definition) is 1. The molecule has 0 aliphatic carbocycles. The van der Waals surface area contributed by atoms with Gasteiger partial charge in [0.2, 0.25) is 0 Å². The average molecular weight is 283 g/mol. The zero-order valence-corrected chi connectivity index (χ0v) is 13.1. The molecule has 0 aromatic rings. The Balaban J connectivity index is 1.64. The van der Waals surface area contributed by atoms with Crippen LogP contribution in [0.5, 0.6) is 0 Å². The van der Waals surface area contributed by atoms with Gasteiger partial charge in [0.15, 0.2) is 0 Å². The summed E-state index contributed by atoms with van der Waals surface area (Å²) >= 11 is 0. The summed E-state index contributed by atoms with van der Waals surface area (Å²) in [4.78, 5) is 16.4. The van der Waals surface area contributed by atoms with Gasteiger partial charge in [-0.05, 0) is 45.7 Å². The lowest BCUT2D eigenvalue weighted by atomic mass is 9.99. The number of urea groups is 1. The molecule has 2 heterocycles. The number of rotatable bonds is 3. The monoisotopic (exact) mass is 283 g/mol. The number of nitrogens with one attached hydrogen (secondary N) is 1. The summed E-state index contributed by atoms with van der Waals surface area (Å²) in [6.45, 7) is 11.8. The molecule has 1 N–H and O–H groups in total. The summed E-state index contributed by atoms with van der Waals surface area (Å²) in [5.74, 6) is 0.858. The second-order valence-electron chi connectivity index (χ2n) is 6.42. The normalized spacial score (nSPS) is 29.4. The zero-order valence-electron chi connectivity index (χ0n) is 13.1. The molecule has 0 aromatic carbocycles. The van der Waals surface area contributed by atoms with Crippen LogP contribution in [0.3, 0.4) is 0 Å². The summed E-state index contributed by atoms with van der Waals surface area (Å²) in [5.41, 5.74) is 0. The van der Waals surface area contributed by atoms with Crippen LogP contribution in [0.2, 0.25) is 0 Å². The summed E-state index contributed by atoms with van der Waals surface area (Å²) < 4.78 is 5.65. The van der Waals surface area contributed by atoms with Crippen molar-refractivity contribution in [3.05, 3.63) is 0 Å². The smallest absolute Gasteiger partial charge is 0.317 e. The number of morpholine rings is 1. The van der Waals surface area contributed by atoms with Gasteiger partial charge in [0.1, 0.15) is 0 Å². The fraction of sp³-hybridized carbons (Fsp3) is 0.933. The topological polar surface area (TPSA) is 44.8 Å². The molecule has 5 nitrogen and oxygen atoms in total. The molecule has 2 atom stereocenters. The van der Waals surface area contributed by atoms with Crippen LogP contribution in [0, 0.1) is 5.92 Å². The molecule has 0 radical (unpaired) electrons. The molecule has 0 saturated carbocycles. The summed E-state index contributed by atoms with van der Waals surface area (Å²) in [6.07, 6.45) is 2.83. The second-order valence-corrected chi connectivity index (χ2v) is 6.42. The van der Waals surface area contributed by atoms with E-state index in [9.17, 15) is 4.79 Å². The highest BCUT2D eigenvalue weighted by Crippen LogP contribution is 2.15. The predicted molar refractivity (Wildman–Crippen MR) is 79.8 cm³/mol. The van der Waals surface area contributed by atoms with E-state index in [2.05, 4.69) is 17.1 Å². The van der Waals surface area contributed by atoms with Gasteiger partial charge in [-0.2, -0.15) is 0 Å². The molecule has 2 amide bonds. The van der Waals surface area contributed by atoms with Crippen molar-refractivity contribution in [3.63, 3.8) is 0 Å². The van der Waals surface area contributed by atoms with Crippen molar-refractivity contribution < 1.29 is 9.53 Å². The highest BCUT2D eigenvalue weighted by Gasteiger charge is 2.25. The third-order valence-electron chi connectivity index (χ3n) is 4.29. The molecule has 0 bridgehead atoms. The third kappa shape index (κ3) is 4.63. The maximum Gasteiger partial charge on any atom is 0.317 e. The van der Waals surface area contributed by atoms with E-state index in [1.54, 1.807) is 0 Å². The van der Waals surface area contributed by atoms with Gasteiger partial charge in [0.05, 0.1) is 12.2 Å². The number of likely N-dealkylation sites (tertiary alicyclic amines) is 1. The van der Waals surface area contributed by atoms with Crippen molar-refractivity contribution in [1.82, 2.24) is 15.1 Å². The summed E-state index contributed by atoms with van der Waals surface area (Å²) in [6, 6.07) is 0.0531. The van der Waals surface area contributed by atoms with Crippen molar-refractivity contribution in [2.24, 2.45) is 5.92 Å². The van der Waals surface area contributed by atoms with E-state index >= 15 is 0 Å². The zero-order chi connectivity index (χ0) is 14.5. The summed E-state index contributed by atoms with van der Waals surface area (Å²) in [7, 11) is 0. The highest BCUT2D eigenvalue weighted by molar-refractivity contribution is 5.74. The van der Waals surface area contributed by atoms with Gasteiger partial charge < -0.3 is 19.9 Å². The van der Waals surface area contributed by atoms with Gasteiger partial charge in [-0.1, -0.05) is 6.92 Å². The van der Waals surface area contributed by atoms with Crippen LogP contribution in [0.4, 0.5) is 4.79 Å². The Bertz CT molecular complexity index is 306. The van der Waals surface area contributed by atoms with E-state index in [1.165, 1.54) is 25.9 Å². The van der Waals surface area contributed by atoms with E-state index in [-0.39, 0.29) is 18.2 Å². The Labute approximate surface area is 122 Å². The van der Waals surface area contributed by atoms with E-state index in [1.807, 2.05) is 18.7 Å². The number of carbonyl (C=O) groups excluding carboxylic acids is 1. The first kappa shape index (κ1) is 15.6. The van der Waals surface area contributed by atoms with Crippen molar-refractivity contribution >= 4 is 6.03 Å². The predicted octanol–water partition coefficient (Wildman–Crippen LogP) is 1.54. The van der Waals surface area contributed by atoms with Crippen molar-refractivity contribution in [2.75, 3.05) is 39.3 Å². The van der Waals surface area contributed by atoms with Gasteiger partial charge >= 0.3 is 6.03 Å². The standard InChI is InChI=1S/C15H29N3O2/c1-12-4-7-17(8-5-12)9-6-16-15(19)18-10-13(2)20-14(3)11-18/h12-14H,4-11H2,1-3H3,(H,16,19). The molecule has 2 rings (SSSR count). The van der Waals surface area contributed by atoms with Crippen LogP contribution in [0.1, 0.15) is 33.6 Å². The molecule has 2 aliphatic heterocycles. The van der Waals surface area contributed by atoms with Gasteiger partial charge in [-0.3, -0.25) is 0 Å². The number of piperidine rings is 1. The van der Waals surface area contributed by atoms with E-state index < -0.39 is 0 Å². The highest BCUT2D eigenvalue weighted by atomic mass is 16.5. The number of amides is 2. The minimum Gasteiger partial charge on any atom is -0.372 e. The minimum absolute atomic E-state index is 0.0531. The van der Waals surface area contributed by atoms with Crippen LogP contribution >= 0.6 is 0 Å². The van der Waals surface area contributed by atoms with Crippen LogP contribution in [-0.4, -0.2) is 67.3 Å². The molecular weight excluding hydrogens is 254 g/mol. The molecule has 0 aromatic heterocycles. The van der Waals surface area contributed by atoms with Crippen LogP contribution in [0.25, 0.3) is 0 Å². The first-order valence-corrected chi connectivity index (χ1v) is 7.95. The quantitative estimate of drug-likeness (QED) is 0.854. The number of ether oxygens (including phenoxy) is 1. The van der Waals surface area contributed by atoms with Gasteiger partial charge in [0, 0.05) is 26.2 Å². The first-order chi connectivity index (χ1) is 9.54. The average Bonchev–Trinajstić information content (AvgIpc) is 2.40. The van der Waals surface area contributed by atoms with Gasteiger partial charge in [-0.15, -0.1) is 0 Å². The molecule has 116 valence electrons. The lowest BCUT2D eigenvalue weighted by Crippen LogP contribution is -2.52. The van der Waals surface area contributed by atoms with Crippen molar-refractivity contribution in [2.45, 2.75) is 45.8 Å². The maximum absolute atomic E-state index is 12.1. The Kier molecular flexibility index (Phi) is 5.66. The fourth-order valence-corrected chi connectivity index (χ4v) is 3.06. The van der Waals surface area contributed by atoms with Crippen LogP contribution in [0.15, 0.2) is 0 Å².